The zero-order valence-electron chi connectivity index (χ0n) is 16.6. The standard InChI is InChI=1S/C21H40N2O/c1-20(2)12-11-14-23-17-15-22(16-18-23)13-9-7-5-6-8-10-19-24-21(3)4/h20-21H,5-10,13-19H2,1-4H3. The van der Waals surface area contributed by atoms with Gasteiger partial charge in [-0.05, 0) is 33.2 Å². The van der Waals surface area contributed by atoms with Gasteiger partial charge in [-0.15, -0.1) is 0 Å². The van der Waals surface area contributed by atoms with Gasteiger partial charge in [0.15, 0.2) is 0 Å². The molecule has 3 nitrogen and oxygen atoms in total. The van der Waals surface area contributed by atoms with Crippen LogP contribution >= 0.6 is 0 Å². The largest absolute Gasteiger partial charge is 0.379 e. The predicted octanol–water partition coefficient (Wildman–Crippen LogP) is 4.03. The molecule has 0 amide bonds. The summed E-state index contributed by atoms with van der Waals surface area (Å²) in [6.07, 6.45) is 8.41. The number of ether oxygens (including phenoxy) is 1. The van der Waals surface area contributed by atoms with Gasteiger partial charge in [0.05, 0.1) is 12.6 Å². The summed E-state index contributed by atoms with van der Waals surface area (Å²) in [5.74, 6) is 7.06. The van der Waals surface area contributed by atoms with Gasteiger partial charge in [0.25, 0.3) is 0 Å². The topological polar surface area (TPSA) is 15.7 Å². The lowest BCUT2D eigenvalue weighted by Gasteiger charge is -2.33. The zero-order valence-corrected chi connectivity index (χ0v) is 16.6. The second kappa shape index (κ2) is 13.7. The van der Waals surface area contributed by atoms with Crippen LogP contribution in [0.2, 0.25) is 0 Å². The van der Waals surface area contributed by atoms with Crippen LogP contribution in [-0.2, 0) is 4.74 Å². The van der Waals surface area contributed by atoms with Crippen LogP contribution in [-0.4, -0.2) is 61.8 Å². The van der Waals surface area contributed by atoms with Crippen LogP contribution in [0.5, 0.6) is 0 Å². The van der Waals surface area contributed by atoms with Crippen LogP contribution in [0.4, 0.5) is 0 Å². The van der Waals surface area contributed by atoms with Crippen molar-refractivity contribution in [2.75, 3.05) is 45.9 Å². The molecule has 24 heavy (non-hydrogen) atoms. The Bertz CT molecular complexity index is 349. The summed E-state index contributed by atoms with van der Waals surface area (Å²) in [7, 11) is 0. The van der Waals surface area contributed by atoms with Gasteiger partial charge >= 0.3 is 0 Å². The molecule has 0 aromatic rings. The van der Waals surface area contributed by atoms with Crippen LogP contribution in [0.3, 0.4) is 0 Å². The molecule has 0 radical (unpaired) electrons. The van der Waals surface area contributed by atoms with Crippen molar-refractivity contribution in [2.24, 2.45) is 5.92 Å². The number of piperazine rings is 1. The maximum atomic E-state index is 5.57. The Morgan fingerprint density at radius 3 is 2.00 bits per heavy atom. The second-order valence-electron chi connectivity index (χ2n) is 7.63. The molecule has 0 aliphatic carbocycles. The number of nitrogens with zero attached hydrogens (tertiary/aromatic N) is 2. The third-order valence-electron chi connectivity index (χ3n) is 4.48. The molecule has 0 spiro atoms. The molecule has 1 aliphatic heterocycles. The van der Waals surface area contributed by atoms with Crippen molar-refractivity contribution < 1.29 is 4.74 Å². The molecule has 140 valence electrons. The first-order chi connectivity index (χ1) is 11.6. The first-order valence-corrected chi connectivity index (χ1v) is 10.1. The van der Waals surface area contributed by atoms with E-state index in [2.05, 4.69) is 49.3 Å². The maximum absolute atomic E-state index is 5.57. The fraction of sp³-hybridized carbons (Fsp3) is 0.905. The van der Waals surface area contributed by atoms with E-state index in [4.69, 9.17) is 4.74 Å². The van der Waals surface area contributed by atoms with Crippen LogP contribution in [0.25, 0.3) is 0 Å². The van der Waals surface area contributed by atoms with Gasteiger partial charge in [-0.3, -0.25) is 4.90 Å². The summed E-state index contributed by atoms with van der Waals surface area (Å²) in [6.45, 7) is 16.5. The molecule has 1 saturated heterocycles. The van der Waals surface area contributed by atoms with E-state index >= 15 is 0 Å². The minimum atomic E-state index is 0.382. The summed E-state index contributed by atoms with van der Waals surface area (Å²) < 4.78 is 5.57. The van der Waals surface area contributed by atoms with Crippen molar-refractivity contribution in [3.05, 3.63) is 0 Å². The highest BCUT2D eigenvalue weighted by atomic mass is 16.5. The lowest BCUT2D eigenvalue weighted by Crippen LogP contribution is -2.46. The minimum absolute atomic E-state index is 0.382. The fourth-order valence-corrected chi connectivity index (χ4v) is 3.00. The van der Waals surface area contributed by atoms with E-state index in [0.717, 1.165) is 13.2 Å². The van der Waals surface area contributed by atoms with E-state index in [0.29, 0.717) is 12.0 Å². The monoisotopic (exact) mass is 336 g/mol. The van der Waals surface area contributed by atoms with E-state index in [9.17, 15) is 0 Å². The molecule has 0 aromatic carbocycles. The smallest absolute Gasteiger partial charge is 0.0602 e. The quantitative estimate of drug-likeness (QED) is 0.418. The average molecular weight is 337 g/mol. The first kappa shape index (κ1) is 21.5. The summed E-state index contributed by atoms with van der Waals surface area (Å²) in [5, 5.41) is 0. The number of unbranched alkanes of at least 4 members (excludes halogenated alkanes) is 5. The highest BCUT2D eigenvalue weighted by Gasteiger charge is 2.15. The molecule has 1 heterocycles. The number of hydrogen-bond acceptors (Lipinski definition) is 3. The molecule has 0 atom stereocenters. The normalized spacial score (nSPS) is 16.6. The average Bonchev–Trinajstić information content (AvgIpc) is 2.54. The first-order valence-electron chi connectivity index (χ1n) is 10.1. The van der Waals surface area contributed by atoms with Gasteiger partial charge in [0.1, 0.15) is 0 Å². The molecular formula is C21H40N2O. The molecule has 1 rings (SSSR count). The van der Waals surface area contributed by atoms with Gasteiger partial charge in [-0.2, -0.15) is 0 Å². The van der Waals surface area contributed by atoms with Crippen molar-refractivity contribution in [3.63, 3.8) is 0 Å². The van der Waals surface area contributed by atoms with Crippen molar-refractivity contribution in [1.82, 2.24) is 9.80 Å². The molecule has 0 bridgehead atoms. The Balaban J connectivity index is 1.90. The van der Waals surface area contributed by atoms with Crippen molar-refractivity contribution in [3.8, 4) is 11.8 Å². The molecule has 0 saturated carbocycles. The molecular weight excluding hydrogens is 296 g/mol. The third-order valence-corrected chi connectivity index (χ3v) is 4.48. The van der Waals surface area contributed by atoms with Crippen molar-refractivity contribution in [1.29, 1.82) is 0 Å². The Labute approximate surface area is 151 Å². The highest BCUT2D eigenvalue weighted by Crippen LogP contribution is 2.08. The Morgan fingerprint density at radius 2 is 1.38 bits per heavy atom. The second-order valence-corrected chi connectivity index (χ2v) is 7.63. The highest BCUT2D eigenvalue weighted by molar-refractivity contribution is 5.03. The maximum Gasteiger partial charge on any atom is 0.0602 e. The van der Waals surface area contributed by atoms with E-state index in [1.165, 1.54) is 71.2 Å². The van der Waals surface area contributed by atoms with E-state index in [-0.39, 0.29) is 0 Å². The van der Waals surface area contributed by atoms with Gasteiger partial charge in [-0.25, -0.2) is 0 Å². The lowest BCUT2D eigenvalue weighted by molar-refractivity contribution is 0.0756. The Kier molecular flexibility index (Phi) is 12.3. The molecule has 1 fully saturated rings. The van der Waals surface area contributed by atoms with Crippen LogP contribution in [0, 0.1) is 17.8 Å². The van der Waals surface area contributed by atoms with Gasteiger partial charge < -0.3 is 9.64 Å². The van der Waals surface area contributed by atoms with E-state index in [1.54, 1.807) is 0 Å². The fourth-order valence-electron chi connectivity index (χ4n) is 3.00. The Morgan fingerprint density at radius 1 is 0.792 bits per heavy atom. The molecule has 0 N–H and O–H groups in total. The molecule has 0 aromatic heterocycles. The summed E-state index contributed by atoms with van der Waals surface area (Å²) in [4.78, 5) is 5.12. The number of hydrogen-bond donors (Lipinski definition) is 0. The molecule has 3 heteroatoms. The summed E-state index contributed by atoms with van der Waals surface area (Å²) in [6, 6.07) is 0. The van der Waals surface area contributed by atoms with Gasteiger partial charge in [0, 0.05) is 38.7 Å². The van der Waals surface area contributed by atoms with Crippen molar-refractivity contribution >= 4 is 0 Å². The van der Waals surface area contributed by atoms with Crippen LogP contribution in [0.1, 0.15) is 66.2 Å². The summed E-state index contributed by atoms with van der Waals surface area (Å²) in [5.41, 5.74) is 0. The third kappa shape index (κ3) is 11.9. The summed E-state index contributed by atoms with van der Waals surface area (Å²) >= 11 is 0. The number of rotatable bonds is 11. The predicted molar refractivity (Wildman–Crippen MR) is 104 cm³/mol. The van der Waals surface area contributed by atoms with Crippen LogP contribution in [0.15, 0.2) is 0 Å². The molecule has 1 aliphatic rings. The van der Waals surface area contributed by atoms with Gasteiger partial charge in [0.2, 0.25) is 0 Å². The zero-order chi connectivity index (χ0) is 17.6. The SMILES string of the molecule is CC(C)C#CCN1CCN(CCCCCCCCOC(C)C)CC1. The Hall–Kier alpha value is -0.560. The van der Waals surface area contributed by atoms with E-state index in [1.807, 2.05) is 0 Å². The van der Waals surface area contributed by atoms with Crippen molar-refractivity contribution in [2.45, 2.75) is 72.3 Å². The van der Waals surface area contributed by atoms with Crippen LogP contribution < -0.4 is 0 Å². The van der Waals surface area contributed by atoms with Gasteiger partial charge in [-0.1, -0.05) is 51.4 Å². The minimum Gasteiger partial charge on any atom is -0.379 e. The lowest BCUT2D eigenvalue weighted by atomic mass is 10.1. The molecule has 0 unspecified atom stereocenters. The van der Waals surface area contributed by atoms with E-state index < -0.39 is 0 Å².